The van der Waals surface area contributed by atoms with Gasteiger partial charge in [-0.15, -0.1) is 0 Å². The third kappa shape index (κ3) is 2.27. The Labute approximate surface area is 95.7 Å². The molecule has 0 aliphatic carbocycles. The molecule has 2 N–H and O–H groups in total. The molecule has 16 heavy (non-hydrogen) atoms. The minimum Gasteiger partial charge on any atom is -0.368 e. The van der Waals surface area contributed by atoms with Crippen LogP contribution in [0.3, 0.4) is 0 Å². The van der Waals surface area contributed by atoms with Crippen LogP contribution in [-0.4, -0.2) is 31.2 Å². The fraction of sp³-hybridized carbons (Fsp3) is 0.583. The molecule has 1 saturated heterocycles. The highest BCUT2D eigenvalue weighted by Gasteiger charge is 2.13. The molecule has 4 nitrogen and oxygen atoms in total. The van der Waals surface area contributed by atoms with Gasteiger partial charge in [-0.05, 0) is 12.0 Å². The van der Waals surface area contributed by atoms with Crippen molar-refractivity contribution in [2.24, 2.45) is 0 Å². The number of hydrogen-bond donors (Lipinski definition) is 2. The van der Waals surface area contributed by atoms with E-state index in [2.05, 4.69) is 15.2 Å². The van der Waals surface area contributed by atoms with E-state index >= 15 is 0 Å². The highest BCUT2D eigenvalue weighted by molar-refractivity contribution is 5.47. The van der Waals surface area contributed by atoms with Gasteiger partial charge in [0, 0.05) is 37.9 Å². The van der Waals surface area contributed by atoms with Crippen LogP contribution in [0.1, 0.15) is 25.3 Å². The molecule has 1 aliphatic rings. The van der Waals surface area contributed by atoms with Gasteiger partial charge in [0.25, 0.3) is 5.56 Å². The molecule has 2 heterocycles. The molecule has 2 rings (SSSR count). The summed E-state index contributed by atoms with van der Waals surface area (Å²) < 4.78 is 0. The fourth-order valence-electron chi connectivity index (χ4n) is 2.02. The molecule has 1 aromatic heterocycles. The number of nitrogens with one attached hydrogen (secondary N) is 2. The van der Waals surface area contributed by atoms with Crippen LogP contribution in [0.15, 0.2) is 17.1 Å². The first-order valence-corrected chi connectivity index (χ1v) is 5.87. The van der Waals surface area contributed by atoms with Gasteiger partial charge in [0.15, 0.2) is 0 Å². The van der Waals surface area contributed by atoms with Gasteiger partial charge < -0.3 is 15.2 Å². The molecule has 0 atom stereocenters. The smallest absolute Gasteiger partial charge is 0.251 e. The summed E-state index contributed by atoms with van der Waals surface area (Å²) in [5.41, 5.74) is 2.04. The summed E-state index contributed by atoms with van der Waals surface area (Å²) in [6.07, 6.45) is 1.82. The van der Waals surface area contributed by atoms with Crippen molar-refractivity contribution in [3.63, 3.8) is 0 Å². The summed E-state index contributed by atoms with van der Waals surface area (Å²) in [5, 5.41) is 3.32. The highest BCUT2D eigenvalue weighted by atomic mass is 16.1. The molecular weight excluding hydrogens is 202 g/mol. The van der Waals surface area contributed by atoms with Crippen LogP contribution in [0.4, 0.5) is 5.69 Å². The van der Waals surface area contributed by atoms with Gasteiger partial charge in [-0.1, -0.05) is 13.8 Å². The molecular formula is C12H19N3O. The van der Waals surface area contributed by atoms with Crippen molar-refractivity contribution in [2.75, 3.05) is 31.1 Å². The number of pyridine rings is 1. The van der Waals surface area contributed by atoms with E-state index in [0.29, 0.717) is 0 Å². The fourth-order valence-corrected chi connectivity index (χ4v) is 2.02. The maximum absolute atomic E-state index is 11.6. The van der Waals surface area contributed by atoms with Crippen LogP contribution in [0.25, 0.3) is 0 Å². The molecule has 4 heteroatoms. The van der Waals surface area contributed by atoms with Gasteiger partial charge in [-0.2, -0.15) is 0 Å². The third-order valence-electron chi connectivity index (χ3n) is 3.02. The van der Waals surface area contributed by atoms with Gasteiger partial charge in [0.1, 0.15) is 0 Å². The van der Waals surface area contributed by atoms with Gasteiger partial charge in [0.2, 0.25) is 0 Å². The zero-order chi connectivity index (χ0) is 11.5. The van der Waals surface area contributed by atoms with Crippen LogP contribution < -0.4 is 15.8 Å². The maximum Gasteiger partial charge on any atom is 0.251 e. The lowest BCUT2D eigenvalue weighted by Gasteiger charge is -2.29. The highest BCUT2D eigenvalue weighted by Crippen LogP contribution is 2.17. The Bertz CT molecular complexity index is 405. The molecule has 0 unspecified atom stereocenters. The normalized spacial score (nSPS) is 16.8. The molecule has 88 valence electrons. The van der Waals surface area contributed by atoms with Crippen molar-refractivity contribution >= 4 is 5.69 Å². The number of piperazine rings is 1. The largest absolute Gasteiger partial charge is 0.368 e. The Kier molecular flexibility index (Phi) is 3.29. The number of nitrogens with zero attached hydrogens (tertiary/aromatic N) is 1. The van der Waals surface area contributed by atoms with Crippen molar-refractivity contribution in [3.05, 3.63) is 28.2 Å². The van der Waals surface area contributed by atoms with Gasteiger partial charge in [-0.25, -0.2) is 0 Å². The quantitative estimate of drug-likeness (QED) is 0.780. The minimum atomic E-state index is 0.0360. The second kappa shape index (κ2) is 4.70. The van der Waals surface area contributed by atoms with Gasteiger partial charge >= 0.3 is 0 Å². The van der Waals surface area contributed by atoms with Crippen molar-refractivity contribution in [3.8, 4) is 0 Å². The van der Waals surface area contributed by atoms with E-state index in [1.54, 1.807) is 0 Å². The summed E-state index contributed by atoms with van der Waals surface area (Å²) in [7, 11) is 0. The van der Waals surface area contributed by atoms with Crippen LogP contribution in [0, 0.1) is 0 Å². The Morgan fingerprint density at radius 3 is 2.62 bits per heavy atom. The van der Waals surface area contributed by atoms with Crippen LogP contribution in [-0.2, 0) is 0 Å². The van der Waals surface area contributed by atoms with E-state index in [4.69, 9.17) is 0 Å². The first kappa shape index (κ1) is 11.2. The van der Waals surface area contributed by atoms with E-state index in [0.717, 1.165) is 37.4 Å². The van der Waals surface area contributed by atoms with Crippen molar-refractivity contribution < 1.29 is 0 Å². The Hall–Kier alpha value is -1.29. The molecule has 0 aromatic carbocycles. The number of H-pyrrole nitrogens is 1. The molecule has 1 fully saturated rings. The maximum atomic E-state index is 11.6. The zero-order valence-corrected chi connectivity index (χ0v) is 9.92. The number of hydrogen-bond acceptors (Lipinski definition) is 3. The van der Waals surface area contributed by atoms with Gasteiger partial charge in [-0.3, -0.25) is 4.79 Å². The number of rotatable bonds is 2. The van der Waals surface area contributed by atoms with E-state index in [1.807, 2.05) is 26.1 Å². The lowest BCUT2D eigenvalue weighted by atomic mass is 10.0. The standard InChI is InChI=1S/C12H19N3O/c1-9(2)11-7-10(8-14-12(11)16)15-5-3-13-4-6-15/h7-9,13H,3-6H2,1-2H3,(H,14,16). The number of aromatic nitrogens is 1. The third-order valence-corrected chi connectivity index (χ3v) is 3.02. The Morgan fingerprint density at radius 2 is 2.00 bits per heavy atom. The lowest BCUT2D eigenvalue weighted by Crippen LogP contribution is -2.43. The average molecular weight is 221 g/mol. The monoisotopic (exact) mass is 221 g/mol. The van der Waals surface area contributed by atoms with Crippen molar-refractivity contribution in [1.82, 2.24) is 10.3 Å². The molecule has 1 aliphatic heterocycles. The summed E-state index contributed by atoms with van der Waals surface area (Å²) in [4.78, 5) is 16.7. The predicted molar refractivity (Wildman–Crippen MR) is 66.2 cm³/mol. The van der Waals surface area contributed by atoms with E-state index < -0.39 is 0 Å². The predicted octanol–water partition coefficient (Wildman–Crippen LogP) is 0.908. The second-order valence-corrected chi connectivity index (χ2v) is 4.53. The summed E-state index contributed by atoms with van der Waals surface area (Å²) >= 11 is 0. The molecule has 0 amide bonds. The van der Waals surface area contributed by atoms with Crippen LogP contribution in [0.5, 0.6) is 0 Å². The Morgan fingerprint density at radius 1 is 1.31 bits per heavy atom. The van der Waals surface area contributed by atoms with Crippen LogP contribution >= 0.6 is 0 Å². The van der Waals surface area contributed by atoms with E-state index in [1.165, 1.54) is 0 Å². The molecule has 0 radical (unpaired) electrons. The van der Waals surface area contributed by atoms with Crippen molar-refractivity contribution in [2.45, 2.75) is 19.8 Å². The van der Waals surface area contributed by atoms with Gasteiger partial charge in [0.05, 0.1) is 5.69 Å². The Balaban J connectivity index is 2.27. The summed E-state index contributed by atoms with van der Waals surface area (Å²) in [6, 6.07) is 2.02. The molecule has 0 bridgehead atoms. The number of aromatic amines is 1. The molecule has 1 aromatic rings. The second-order valence-electron chi connectivity index (χ2n) is 4.53. The van der Waals surface area contributed by atoms with Crippen molar-refractivity contribution in [1.29, 1.82) is 0 Å². The average Bonchev–Trinajstić information content (AvgIpc) is 2.30. The summed E-state index contributed by atoms with van der Waals surface area (Å²) in [6.45, 7) is 8.12. The molecule has 0 spiro atoms. The topological polar surface area (TPSA) is 48.1 Å². The minimum absolute atomic E-state index is 0.0360. The zero-order valence-electron chi connectivity index (χ0n) is 9.92. The van der Waals surface area contributed by atoms with E-state index in [9.17, 15) is 4.79 Å². The summed E-state index contributed by atoms with van der Waals surface area (Å²) in [5.74, 6) is 0.270. The van der Waals surface area contributed by atoms with E-state index in [-0.39, 0.29) is 11.5 Å². The lowest BCUT2D eigenvalue weighted by molar-refractivity contribution is 0.588. The van der Waals surface area contributed by atoms with Crippen LogP contribution in [0.2, 0.25) is 0 Å². The molecule has 0 saturated carbocycles. The SMILES string of the molecule is CC(C)c1cc(N2CCNCC2)c[nH]c1=O. The number of anilines is 1. The first-order valence-electron chi connectivity index (χ1n) is 5.87. The first-order chi connectivity index (χ1) is 7.68.